The number of piperidine rings is 1. The Morgan fingerprint density at radius 1 is 1.67 bits per heavy atom. The van der Waals surface area contributed by atoms with Crippen molar-refractivity contribution in [3.8, 4) is 0 Å². The van der Waals surface area contributed by atoms with Crippen molar-refractivity contribution in [3.05, 3.63) is 11.6 Å². The van der Waals surface area contributed by atoms with Gasteiger partial charge in [0.1, 0.15) is 0 Å². The summed E-state index contributed by atoms with van der Waals surface area (Å²) in [6.45, 7) is 8.18. The van der Waals surface area contributed by atoms with Crippen LogP contribution in [0.15, 0.2) is 11.6 Å². The summed E-state index contributed by atoms with van der Waals surface area (Å²) in [5.41, 5.74) is 2.08. The Hall–Kier alpha value is -0.300. The van der Waals surface area contributed by atoms with E-state index in [9.17, 15) is 0 Å². The third-order valence-electron chi connectivity index (χ3n) is 3.85. The van der Waals surface area contributed by atoms with Gasteiger partial charge in [-0.2, -0.15) is 0 Å². The maximum atomic E-state index is 3.61. The van der Waals surface area contributed by atoms with Crippen LogP contribution in [-0.2, 0) is 0 Å². The summed E-state index contributed by atoms with van der Waals surface area (Å²) in [6.07, 6.45) is 5.15. The van der Waals surface area contributed by atoms with Crippen molar-refractivity contribution in [1.82, 2.24) is 5.32 Å². The van der Waals surface area contributed by atoms with Gasteiger partial charge in [-0.3, -0.25) is 0 Å². The molecule has 12 heavy (non-hydrogen) atoms. The number of rotatable bonds is 1. The molecule has 3 unspecified atom stereocenters. The Balaban J connectivity index is 2.28. The average molecular weight is 165 g/mol. The monoisotopic (exact) mass is 165 g/mol. The molecule has 0 aromatic carbocycles. The van der Waals surface area contributed by atoms with E-state index in [2.05, 4.69) is 32.2 Å². The quantitative estimate of drug-likeness (QED) is 0.588. The van der Waals surface area contributed by atoms with Crippen molar-refractivity contribution >= 4 is 0 Å². The fraction of sp³-hybridized carbons (Fsp3) is 0.818. The van der Waals surface area contributed by atoms with Gasteiger partial charge in [-0.25, -0.2) is 0 Å². The number of fused-ring (bicyclic) bond motifs is 2. The van der Waals surface area contributed by atoms with Crippen LogP contribution in [-0.4, -0.2) is 12.6 Å². The highest BCUT2D eigenvalue weighted by Crippen LogP contribution is 2.44. The van der Waals surface area contributed by atoms with Crippen LogP contribution in [0.1, 0.15) is 33.6 Å². The van der Waals surface area contributed by atoms with Crippen LogP contribution >= 0.6 is 0 Å². The first kappa shape index (κ1) is 8.31. The van der Waals surface area contributed by atoms with Gasteiger partial charge < -0.3 is 5.32 Å². The molecule has 0 amide bonds. The van der Waals surface area contributed by atoms with Gasteiger partial charge >= 0.3 is 0 Å². The van der Waals surface area contributed by atoms with Gasteiger partial charge in [0.05, 0.1) is 0 Å². The van der Waals surface area contributed by atoms with E-state index in [1.165, 1.54) is 19.4 Å². The van der Waals surface area contributed by atoms with Crippen LogP contribution in [0.3, 0.4) is 0 Å². The summed E-state index contributed by atoms with van der Waals surface area (Å²) in [5.74, 6) is 0.882. The molecule has 1 N–H and O–H groups in total. The molecule has 0 aromatic rings. The lowest BCUT2D eigenvalue weighted by Gasteiger charge is -2.48. The summed E-state index contributed by atoms with van der Waals surface area (Å²) >= 11 is 0. The molecule has 3 atom stereocenters. The second-order valence-electron chi connectivity index (χ2n) is 4.69. The van der Waals surface area contributed by atoms with E-state index in [4.69, 9.17) is 0 Å². The Kier molecular flexibility index (Phi) is 1.80. The third-order valence-corrected chi connectivity index (χ3v) is 3.85. The van der Waals surface area contributed by atoms with Crippen LogP contribution in [0, 0.1) is 11.3 Å². The number of hydrogen-bond acceptors (Lipinski definition) is 1. The fourth-order valence-corrected chi connectivity index (χ4v) is 2.65. The maximum absolute atomic E-state index is 3.61. The molecular formula is C11H19N. The van der Waals surface area contributed by atoms with E-state index < -0.39 is 0 Å². The number of nitrogens with one attached hydrogen (secondary N) is 1. The van der Waals surface area contributed by atoms with E-state index in [-0.39, 0.29) is 0 Å². The molecule has 0 saturated carbocycles. The molecule has 3 aliphatic rings. The zero-order valence-electron chi connectivity index (χ0n) is 8.35. The normalized spacial score (nSPS) is 46.1. The minimum atomic E-state index is 0.468. The fourth-order valence-electron chi connectivity index (χ4n) is 2.65. The summed E-state index contributed by atoms with van der Waals surface area (Å²) < 4.78 is 0. The van der Waals surface area contributed by atoms with Crippen molar-refractivity contribution in [2.45, 2.75) is 39.7 Å². The zero-order chi connectivity index (χ0) is 8.77. The Morgan fingerprint density at radius 2 is 2.42 bits per heavy atom. The Labute approximate surface area is 75.2 Å². The van der Waals surface area contributed by atoms with Crippen LogP contribution in [0.2, 0.25) is 0 Å². The van der Waals surface area contributed by atoms with Crippen molar-refractivity contribution in [2.24, 2.45) is 11.3 Å². The Morgan fingerprint density at radius 3 is 2.92 bits per heavy atom. The van der Waals surface area contributed by atoms with Crippen molar-refractivity contribution in [1.29, 1.82) is 0 Å². The Bertz CT molecular complexity index is 219. The zero-order valence-corrected chi connectivity index (χ0v) is 8.35. The van der Waals surface area contributed by atoms with Gasteiger partial charge in [0.15, 0.2) is 0 Å². The molecule has 1 heteroatoms. The predicted molar refractivity (Wildman–Crippen MR) is 52.1 cm³/mol. The van der Waals surface area contributed by atoms with Gasteiger partial charge in [0.25, 0.3) is 0 Å². The van der Waals surface area contributed by atoms with Crippen LogP contribution in [0.5, 0.6) is 0 Å². The highest BCUT2D eigenvalue weighted by Gasteiger charge is 2.41. The molecule has 2 bridgehead atoms. The molecular weight excluding hydrogens is 146 g/mol. The standard InChI is InChI=1S/C11H19N/c1-4-9-6-11(3)7-12-10(9)5-8(11)2/h5,9-10,12H,4,6-7H2,1-3H3. The third kappa shape index (κ3) is 1.03. The van der Waals surface area contributed by atoms with E-state index >= 15 is 0 Å². The highest BCUT2D eigenvalue weighted by molar-refractivity contribution is 5.24. The molecule has 2 aliphatic heterocycles. The summed E-state index contributed by atoms with van der Waals surface area (Å²) in [6, 6.07) is 0.678. The van der Waals surface area contributed by atoms with Crippen LogP contribution in [0.4, 0.5) is 0 Å². The topological polar surface area (TPSA) is 12.0 Å². The second kappa shape index (κ2) is 2.59. The molecule has 0 radical (unpaired) electrons. The van der Waals surface area contributed by atoms with Gasteiger partial charge in [-0.1, -0.05) is 31.9 Å². The molecule has 1 nitrogen and oxygen atoms in total. The lowest BCUT2D eigenvalue weighted by molar-refractivity contribution is 0.159. The van der Waals surface area contributed by atoms with E-state index in [1.807, 2.05) is 0 Å². The van der Waals surface area contributed by atoms with E-state index in [1.54, 1.807) is 5.57 Å². The predicted octanol–water partition coefficient (Wildman–Crippen LogP) is 2.34. The maximum Gasteiger partial charge on any atom is 0.0281 e. The summed E-state index contributed by atoms with van der Waals surface area (Å²) in [5, 5.41) is 3.61. The van der Waals surface area contributed by atoms with Gasteiger partial charge in [-0.15, -0.1) is 0 Å². The van der Waals surface area contributed by atoms with Crippen LogP contribution in [0.25, 0.3) is 0 Å². The van der Waals surface area contributed by atoms with Gasteiger partial charge in [0.2, 0.25) is 0 Å². The second-order valence-corrected chi connectivity index (χ2v) is 4.69. The van der Waals surface area contributed by atoms with Gasteiger partial charge in [0, 0.05) is 18.0 Å². The largest absolute Gasteiger partial charge is 0.309 e. The number of hydrogen-bond donors (Lipinski definition) is 1. The lowest BCUT2D eigenvalue weighted by Crippen LogP contribution is -2.53. The minimum Gasteiger partial charge on any atom is -0.309 e. The molecule has 2 heterocycles. The first-order valence-corrected chi connectivity index (χ1v) is 5.08. The lowest BCUT2D eigenvalue weighted by atomic mass is 9.65. The molecule has 0 aromatic heterocycles. The summed E-state index contributed by atoms with van der Waals surface area (Å²) in [4.78, 5) is 0. The SMILES string of the molecule is CCC1CC2(C)CNC1C=C2C. The average Bonchev–Trinajstić information content (AvgIpc) is 2.07. The van der Waals surface area contributed by atoms with Gasteiger partial charge in [-0.05, 0) is 19.3 Å². The molecule has 1 saturated heterocycles. The van der Waals surface area contributed by atoms with E-state index in [0.717, 1.165) is 5.92 Å². The molecule has 1 aliphatic carbocycles. The van der Waals surface area contributed by atoms with Crippen molar-refractivity contribution in [3.63, 3.8) is 0 Å². The van der Waals surface area contributed by atoms with Crippen molar-refractivity contribution in [2.75, 3.05) is 6.54 Å². The first-order chi connectivity index (χ1) is 5.65. The highest BCUT2D eigenvalue weighted by atomic mass is 15.0. The van der Waals surface area contributed by atoms with E-state index in [0.29, 0.717) is 11.5 Å². The van der Waals surface area contributed by atoms with Crippen molar-refractivity contribution < 1.29 is 0 Å². The van der Waals surface area contributed by atoms with Crippen LogP contribution < -0.4 is 5.32 Å². The smallest absolute Gasteiger partial charge is 0.0281 e. The molecule has 1 fully saturated rings. The molecule has 68 valence electrons. The minimum absolute atomic E-state index is 0.468. The molecule has 3 rings (SSSR count). The molecule has 0 spiro atoms. The first-order valence-electron chi connectivity index (χ1n) is 5.08. The summed E-state index contributed by atoms with van der Waals surface area (Å²) in [7, 11) is 0.